The lowest BCUT2D eigenvalue weighted by atomic mass is 9.95. The van der Waals surface area contributed by atoms with Crippen LogP contribution in [0.5, 0.6) is 0 Å². The van der Waals surface area contributed by atoms with Gasteiger partial charge in [-0.15, -0.1) is 10.2 Å². The van der Waals surface area contributed by atoms with Crippen molar-refractivity contribution in [2.75, 3.05) is 19.1 Å². The molecule has 4 rings (SSSR count). The Bertz CT molecular complexity index is 1330. The standard InChI is InChI=1S/C28H34ClN7O2S/c1-4-5-11-24-31-25(26(29)32-24)23(38-28(37)22(30-2)14-15-39-3)17-18-12-13-20(19-9-7-6-8-10-19)21(16-18)27-33-35-36-34-27/h6-10,12-13,16,22-23,30H,4-5,11,14-15,17H2,1-3H3,(H,31,32)(H,33,34,35,36)/t22-,23-/m0/s1. The zero-order valence-corrected chi connectivity index (χ0v) is 24.0. The van der Waals surface area contributed by atoms with Crippen molar-refractivity contribution >= 4 is 29.3 Å². The van der Waals surface area contributed by atoms with Gasteiger partial charge in [0.25, 0.3) is 0 Å². The summed E-state index contributed by atoms with van der Waals surface area (Å²) in [7, 11) is 1.77. The van der Waals surface area contributed by atoms with Gasteiger partial charge in [-0.1, -0.05) is 67.4 Å². The van der Waals surface area contributed by atoms with Gasteiger partial charge < -0.3 is 15.0 Å². The first kappa shape index (κ1) is 28.8. The van der Waals surface area contributed by atoms with Crippen molar-refractivity contribution < 1.29 is 9.53 Å². The van der Waals surface area contributed by atoms with E-state index < -0.39 is 12.1 Å². The molecule has 9 nitrogen and oxygen atoms in total. The fourth-order valence-corrected chi connectivity index (χ4v) is 5.14. The Morgan fingerprint density at radius 2 is 2.00 bits per heavy atom. The van der Waals surface area contributed by atoms with E-state index in [0.29, 0.717) is 29.5 Å². The van der Waals surface area contributed by atoms with Crippen LogP contribution in [-0.4, -0.2) is 61.7 Å². The monoisotopic (exact) mass is 567 g/mol. The number of imidazole rings is 1. The molecule has 2 atom stereocenters. The smallest absolute Gasteiger partial charge is 0.323 e. The summed E-state index contributed by atoms with van der Waals surface area (Å²) in [5.41, 5.74) is 4.37. The van der Waals surface area contributed by atoms with Gasteiger partial charge in [0.15, 0.2) is 5.15 Å². The number of esters is 1. The summed E-state index contributed by atoms with van der Waals surface area (Å²) >= 11 is 8.29. The fraction of sp³-hybridized carbons (Fsp3) is 0.393. The molecule has 0 saturated carbocycles. The highest BCUT2D eigenvalue weighted by atomic mass is 35.5. The van der Waals surface area contributed by atoms with Crippen LogP contribution in [0.1, 0.15) is 49.4 Å². The number of likely N-dealkylation sites (N-methyl/N-ethyl adjacent to an activating group) is 1. The number of aryl methyl sites for hydroxylation is 1. The molecular formula is C28H34ClN7O2S. The van der Waals surface area contributed by atoms with Crippen molar-refractivity contribution in [2.24, 2.45) is 0 Å². The number of carbonyl (C=O) groups is 1. The average molecular weight is 568 g/mol. The van der Waals surface area contributed by atoms with E-state index in [1.54, 1.807) is 18.8 Å². The molecule has 206 valence electrons. The van der Waals surface area contributed by atoms with E-state index in [-0.39, 0.29) is 5.97 Å². The number of aromatic nitrogens is 6. The van der Waals surface area contributed by atoms with Crippen LogP contribution >= 0.6 is 23.4 Å². The topological polar surface area (TPSA) is 121 Å². The van der Waals surface area contributed by atoms with Gasteiger partial charge in [-0.3, -0.25) is 4.79 Å². The Labute approximate surface area is 237 Å². The molecule has 3 N–H and O–H groups in total. The number of hydrogen-bond donors (Lipinski definition) is 3. The summed E-state index contributed by atoms with van der Waals surface area (Å²) in [4.78, 5) is 21.1. The molecule has 0 bridgehead atoms. The van der Waals surface area contributed by atoms with E-state index >= 15 is 0 Å². The summed E-state index contributed by atoms with van der Waals surface area (Å²) < 4.78 is 6.12. The maximum absolute atomic E-state index is 13.2. The molecule has 0 aliphatic rings. The molecule has 11 heteroatoms. The zero-order valence-electron chi connectivity index (χ0n) is 22.4. The molecule has 0 radical (unpaired) electrons. The molecule has 0 saturated heterocycles. The maximum atomic E-state index is 13.2. The number of nitrogens with one attached hydrogen (secondary N) is 3. The molecule has 0 unspecified atom stereocenters. The number of unbranched alkanes of at least 4 members (excludes halogenated alkanes) is 1. The minimum atomic E-state index is -0.654. The van der Waals surface area contributed by atoms with Crippen LogP contribution in [0.4, 0.5) is 0 Å². The second kappa shape index (κ2) is 14.3. The first-order chi connectivity index (χ1) is 19.0. The summed E-state index contributed by atoms with van der Waals surface area (Å²) in [6.45, 7) is 2.13. The van der Waals surface area contributed by atoms with Gasteiger partial charge in [-0.25, -0.2) is 4.98 Å². The van der Waals surface area contributed by atoms with Gasteiger partial charge in [-0.2, -0.15) is 17.0 Å². The molecule has 0 fully saturated rings. The van der Waals surface area contributed by atoms with Crippen molar-refractivity contribution in [1.29, 1.82) is 0 Å². The first-order valence-electron chi connectivity index (χ1n) is 13.1. The third-order valence-electron chi connectivity index (χ3n) is 6.50. The maximum Gasteiger partial charge on any atom is 0.323 e. The SMILES string of the molecule is CCCCc1nc(Cl)c([C@H](Cc2ccc(-c3ccccc3)c(-c3nn[nH]n3)c2)OC(=O)[C@H](CCSC)NC)[nH]1. The molecule has 0 aliphatic heterocycles. The Balaban J connectivity index is 1.69. The second-order valence-electron chi connectivity index (χ2n) is 9.23. The molecule has 2 aromatic heterocycles. The number of H-pyrrole nitrogens is 2. The van der Waals surface area contributed by atoms with E-state index in [0.717, 1.165) is 53.1 Å². The highest BCUT2D eigenvalue weighted by molar-refractivity contribution is 7.98. The minimum Gasteiger partial charge on any atom is -0.454 e. The average Bonchev–Trinajstić information content (AvgIpc) is 3.62. The number of halogens is 1. The molecule has 2 heterocycles. The van der Waals surface area contributed by atoms with Crippen molar-refractivity contribution in [2.45, 2.75) is 51.2 Å². The number of benzene rings is 2. The van der Waals surface area contributed by atoms with Crippen molar-refractivity contribution in [3.8, 4) is 22.5 Å². The van der Waals surface area contributed by atoms with E-state index in [2.05, 4.69) is 42.8 Å². The number of aromatic amines is 2. The van der Waals surface area contributed by atoms with Gasteiger partial charge in [0.05, 0.1) is 5.69 Å². The fourth-order valence-electron chi connectivity index (χ4n) is 4.39. The molecular weight excluding hydrogens is 534 g/mol. The van der Waals surface area contributed by atoms with Crippen LogP contribution in [0, 0.1) is 0 Å². The Morgan fingerprint density at radius 3 is 2.69 bits per heavy atom. The number of tetrazole rings is 1. The second-order valence-corrected chi connectivity index (χ2v) is 10.6. The normalized spacial score (nSPS) is 12.8. The summed E-state index contributed by atoms with van der Waals surface area (Å²) in [6, 6.07) is 15.7. The van der Waals surface area contributed by atoms with Crippen LogP contribution in [0.25, 0.3) is 22.5 Å². The molecule has 39 heavy (non-hydrogen) atoms. The Hall–Kier alpha value is -3.21. The van der Waals surface area contributed by atoms with Crippen LogP contribution in [0.2, 0.25) is 5.15 Å². The number of ether oxygens (including phenoxy) is 1. The van der Waals surface area contributed by atoms with Crippen LogP contribution < -0.4 is 5.32 Å². The van der Waals surface area contributed by atoms with Crippen LogP contribution in [0.3, 0.4) is 0 Å². The van der Waals surface area contributed by atoms with E-state index in [9.17, 15) is 4.79 Å². The zero-order chi connectivity index (χ0) is 27.6. The largest absolute Gasteiger partial charge is 0.454 e. The van der Waals surface area contributed by atoms with Gasteiger partial charge in [0.2, 0.25) is 5.82 Å². The quantitative estimate of drug-likeness (QED) is 0.173. The summed E-state index contributed by atoms with van der Waals surface area (Å²) in [5, 5.41) is 18.2. The highest BCUT2D eigenvalue weighted by Crippen LogP contribution is 2.34. The molecule has 2 aromatic carbocycles. The molecule has 0 spiro atoms. The number of carbonyl (C=O) groups excluding carboxylic acids is 1. The third-order valence-corrected chi connectivity index (χ3v) is 7.43. The van der Waals surface area contributed by atoms with Gasteiger partial charge in [-0.05, 0) is 59.9 Å². The van der Waals surface area contributed by atoms with E-state index in [4.69, 9.17) is 16.3 Å². The lowest BCUT2D eigenvalue weighted by Gasteiger charge is -2.22. The van der Waals surface area contributed by atoms with E-state index in [1.165, 1.54) is 0 Å². The lowest BCUT2D eigenvalue weighted by molar-refractivity contribution is -0.152. The van der Waals surface area contributed by atoms with Crippen LogP contribution in [-0.2, 0) is 22.4 Å². The minimum absolute atomic E-state index is 0.323. The summed E-state index contributed by atoms with van der Waals surface area (Å²) in [5.74, 6) is 1.79. The predicted molar refractivity (Wildman–Crippen MR) is 156 cm³/mol. The number of rotatable bonds is 14. The Morgan fingerprint density at radius 1 is 1.18 bits per heavy atom. The lowest BCUT2D eigenvalue weighted by Crippen LogP contribution is -2.37. The van der Waals surface area contributed by atoms with E-state index in [1.807, 2.05) is 54.8 Å². The first-order valence-corrected chi connectivity index (χ1v) is 14.8. The number of thioether (sulfide) groups is 1. The van der Waals surface area contributed by atoms with Gasteiger partial charge in [0, 0.05) is 18.4 Å². The van der Waals surface area contributed by atoms with Crippen molar-refractivity contribution in [1.82, 2.24) is 35.9 Å². The molecule has 0 amide bonds. The van der Waals surface area contributed by atoms with Crippen LogP contribution in [0.15, 0.2) is 48.5 Å². The molecule has 4 aromatic rings. The van der Waals surface area contributed by atoms with Gasteiger partial charge >= 0.3 is 5.97 Å². The summed E-state index contributed by atoms with van der Waals surface area (Å²) in [6.07, 6.45) is 5.21. The number of nitrogens with zero attached hydrogens (tertiary/aromatic N) is 4. The molecule has 0 aliphatic carbocycles. The van der Waals surface area contributed by atoms with Crippen molar-refractivity contribution in [3.63, 3.8) is 0 Å². The number of hydrogen-bond acceptors (Lipinski definition) is 8. The highest BCUT2D eigenvalue weighted by Gasteiger charge is 2.27. The van der Waals surface area contributed by atoms with Gasteiger partial charge in [0.1, 0.15) is 18.0 Å². The predicted octanol–water partition coefficient (Wildman–Crippen LogP) is 5.42. The third kappa shape index (κ3) is 7.46. The Kier molecular flexibility index (Phi) is 10.5. The van der Waals surface area contributed by atoms with Crippen molar-refractivity contribution in [3.05, 3.63) is 70.8 Å².